The predicted octanol–water partition coefficient (Wildman–Crippen LogP) is 0.173. The molecule has 0 amide bonds. The van der Waals surface area contributed by atoms with E-state index in [0.29, 0.717) is 5.58 Å². The molecule has 0 bridgehead atoms. The van der Waals surface area contributed by atoms with Gasteiger partial charge in [-0.15, -0.1) is 5.11 Å². The lowest BCUT2D eigenvalue weighted by Gasteiger charge is -1.78. The van der Waals surface area contributed by atoms with Crippen molar-refractivity contribution in [1.29, 1.82) is 0 Å². The van der Waals surface area contributed by atoms with Gasteiger partial charge in [-0.05, 0) is 0 Å². The van der Waals surface area contributed by atoms with Crippen molar-refractivity contribution in [2.24, 2.45) is 21.2 Å². The minimum atomic E-state index is 0.502. The first-order valence-corrected chi connectivity index (χ1v) is 2.22. The lowest BCUT2D eigenvalue weighted by atomic mass is 11.2. The fourth-order valence-electron chi connectivity index (χ4n) is 0.104. The van der Waals surface area contributed by atoms with Gasteiger partial charge in [0, 0.05) is 7.05 Å². The van der Waals surface area contributed by atoms with Crippen LogP contribution in [-0.2, 0) is 0 Å². The van der Waals surface area contributed by atoms with E-state index in [1.54, 1.807) is 7.05 Å². The Hall–Kier alpha value is -0.500. The minimum absolute atomic E-state index is 0.502. The van der Waals surface area contributed by atoms with Gasteiger partial charge in [-0.3, -0.25) is 4.99 Å². The third-order valence-corrected chi connectivity index (χ3v) is 0.763. The van der Waals surface area contributed by atoms with Gasteiger partial charge in [0.05, 0.1) is 0 Å². The molecule has 0 saturated carbocycles. The first-order valence-electron chi connectivity index (χ1n) is 1.64. The topological polar surface area (TPSA) is 63.1 Å². The van der Waals surface area contributed by atoms with Crippen molar-refractivity contribution in [3.63, 3.8) is 0 Å². The summed E-state index contributed by atoms with van der Waals surface area (Å²) in [5, 5.41) is 6.34. The molecule has 0 aliphatic heterocycles. The van der Waals surface area contributed by atoms with Gasteiger partial charge in [0.15, 0.2) is 5.58 Å². The largest absolute Gasteiger partial charge is 0.305 e. The van der Waals surface area contributed by atoms with Crippen LogP contribution in [0.5, 0.6) is 0 Å². The summed E-state index contributed by atoms with van der Waals surface area (Å²) in [6, 6.07) is 0. The van der Waals surface area contributed by atoms with E-state index in [4.69, 9.17) is 0 Å². The Morgan fingerprint density at radius 3 is 2.43 bits per heavy atom. The Labute approximate surface area is 44.1 Å². The van der Waals surface area contributed by atoms with E-state index in [0.717, 1.165) is 0 Å². The molecule has 0 radical (unpaired) electrons. The molecule has 0 aromatic rings. The molecule has 0 aromatic heterocycles. The number of hydrogen-bond donors (Lipinski definition) is 1. The molecule has 0 fully saturated rings. The van der Waals surface area contributed by atoms with E-state index in [9.17, 15) is 0 Å². The van der Waals surface area contributed by atoms with Gasteiger partial charge in [-0.25, -0.2) is 0 Å². The highest BCUT2D eigenvalue weighted by molar-refractivity contribution is 7.40. The van der Waals surface area contributed by atoms with Crippen molar-refractivity contribution < 1.29 is 0 Å². The Morgan fingerprint density at radius 1 is 1.71 bits per heavy atom. The fraction of sp³-hybridized carbons (Fsp3) is 0.500. The maximum atomic E-state index is 4.67. The molecule has 0 aliphatic carbocycles. The zero-order valence-electron chi connectivity index (χ0n) is 4.00. The second-order valence-electron chi connectivity index (χ2n) is 0.797. The Balaban J connectivity index is 3.58. The quantitative estimate of drug-likeness (QED) is 0.121. The van der Waals surface area contributed by atoms with Crippen molar-refractivity contribution in [1.82, 2.24) is 0 Å². The molecule has 4 nitrogen and oxygen atoms in total. The predicted molar refractivity (Wildman–Crippen MR) is 32.1 cm³/mol. The van der Waals surface area contributed by atoms with Gasteiger partial charge in [0.2, 0.25) is 0 Å². The second kappa shape index (κ2) is 3.68. The number of amidine groups is 1. The van der Waals surface area contributed by atoms with Crippen LogP contribution in [0.2, 0.25) is 0 Å². The van der Waals surface area contributed by atoms with Crippen molar-refractivity contribution >= 4 is 14.8 Å². The molecule has 40 valence electrons. The van der Waals surface area contributed by atoms with Crippen LogP contribution < -0.4 is 5.84 Å². The average Bonchev–Trinajstić information content (AvgIpc) is 1.68. The lowest BCUT2D eigenvalue weighted by molar-refractivity contribution is 1.09. The third kappa shape index (κ3) is 3.33. The maximum absolute atomic E-state index is 4.67. The molecule has 7 heavy (non-hydrogen) atoms. The van der Waals surface area contributed by atoms with E-state index >= 15 is 0 Å². The molecule has 0 rings (SSSR count). The van der Waals surface area contributed by atoms with Crippen LogP contribution in [0, 0.1) is 0 Å². The van der Waals surface area contributed by atoms with Gasteiger partial charge in [0.25, 0.3) is 0 Å². The number of aliphatic imine (C=N–C) groups is 1. The smallest absolute Gasteiger partial charge is 0.163 e. The summed E-state index contributed by atoms with van der Waals surface area (Å²) in [5.41, 5.74) is 0.502. The number of nitrogens with two attached hydrogens (primary N) is 1. The maximum Gasteiger partial charge on any atom is 0.163 e. The van der Waals surface area contributed by atoms with E-state index < -0.39 is 0 Å². The van der Waals surface area contributed by atoms with Gasteiger partial charge < -0.3 is 5.84 Å². The molecule has 2 N–H and O–H groups in total. The van der Waals surface area contributed by atoms with Crippen LogP contribution >= 0.6 is 9.24 Å². The van der Waals surface area contributed by atoms with Gasteiger partial charge in [-0.1, -0.05) is 14.5 Å². The van der Waals surface area contributed by atoms with Crippen molar-refractivity contribution in [3.8, 4) is 0 Å². The molecular weight excluding hydrogens is 111 g/mol. The van der Waals surface area contributed by atoms with E-state index in [1.807, 2.05) is 0 Å². The normalized spacial score (nSPS) is 13.1. The summed E-state index contributed by atoms with van der Waals surface area (Å²) in [7, 11) is 3.87. The average molecular weight is 118 g/mol. The van der Waals surface area contributed by atoms with Crippen LogP contribution in [-0.4, -0.2) is 12.6 Å². The first-order chi connectivity index (χ1) is 3.31. The standard InChI is InChI=1S/C2H7N4P/c1-4-2(7)5-6-3/h7H2,1H3,(H2,3,4,5). The first kappa shape index (κ1) is 6.50. The summed E-state index contributed by atoms with van der Waals surface area (Å²) in [6.45, 7) is 0. The summed E-state index contributed by atoms with van der Waals surface area (Å²) in [4.78, 5) is 3.62. The highest BCUT2D eigenvalue weighted by Crippen LogP contribution is 1.88. The molecule has 0 saturated heterocycles. The molecule has 0 spiro atoms. The van der Waals surface area contributed by atoms with Crippen molar-refractivity contribution in [2.75, 3.05) is 7.05 Å². The monoisotopic (exact) mass is 118 g/mol. The molecular formula is C2H7N4P. The third-order valence-electron chi connectivity index (χ3n) is 0.389. The summed E-state index contributed by atoms with van der Waals surface area (Å²) < 4.78 is 0. The summed E-state index contributed by atoms with van der Waals surface area (Å²) >= 11 is 0. The zero-order chi connectivity index (χ0) is 5.70. The zero-order valence-corrected chi connectivity index (χ0v) is 5.15. The highest BCUT2D eigenvalue weighted by Gasteiger charge is 1.75. The molecule has 5 heteroatoms. The Morgan fingerprint density at radius 2 is 2.29 bits per heavy atom. The summed E-state index contributed by atoms with van der Waals surface area (Å²) in [5.74, 6) is 4.67. The number of nitrogens with zero attached hydrogens (tertiary/aromatic N) is 3. The lowest BCUT2D eigenvalue weighted by Crippen LogP contribution is -1.80. The fourth-order valence-corrected chi connectivity index (χ4v) is 0.171. The molecule has 1 atom stereocenters. The molecule has 0 aromatic carbocycles. The number of rotatable bonds is 0. The van der Waals surface area contributed by atoms with Crippen LogP contribution in [0.4, 0.5) is 0 Å². The van der Waals surface area contributed by atoms with Gasteiger partial charge in [0.1, 0.15) is 0 Å². The van der Waals surface area contributed by atoms with Gasteiger partial charge >= 0.3 is 0 Å². The van der Waals surface area contributed by atoms with Crippen molar-refractivity contribution in [3.05, 3.63) is 0 Å². The van der Waals surface area contributed by atoms with Gasteiger partial charge in [-0.2, -0.15) is 0 Å². The van der Waals surface area contributed by atoms with Crippen LogP contribution in [0.1, 0.15) is 0 Å². The second-order valence-corrected chi connectivity index (χ2v) is 1.31. The Kier molecular flexibility index (Phi) is 3.42. The van der Waals surface area contributed by atoms with Crippen LogP contribution in [0.3, 0.4) is 0 Å². The van der Waals surface area contributed by atoms with Crippen LogP contribution in [0.25, 0.3) is 0 Å². The highest BCUT2D eigenvalue weighted by atomic mass is 31.0. The van der Waals surface area contributed by atoms with Crippen molar-refractivity contribution in [2.45, 2.75) is 0 Å². The summed E-state index contributed by atoms with van der Waals surface area (Å²) in [6.07, 6.45) is 0. The van der Waals surface area contributed by atoms with Crippen LogP contribution in [0.15, 0.2) is 15.3 Å². The SMILES string of the molecule is CN=C(P)N=NN. The molecule has 0 heterocycles. The Bertz CT molecular complexity index is 95.9. The van der Waals surface area contributed by atoms with E-state index in [2.05, 4.69) is 30.4 Å². The minimum Gasteiger partial charge on any atom is -0.305 e. The van der Waals surface area contributed by atoms with E-state index in [-0.39, 0.29) is 0 Å². The molecule has 0 aliphatic rings. The number of hydrogen-bond acceptors (Lipinski definition) is 2. The van der Waals surface area contributed by atoms with E-state index in [1.165, 1.54) is 0 Å². The molecule has 1 unspecified atom stereocenters.